The van der Waals surface area contributed by atoms with Crippen molar-refractivity contribution in [1.29, 1.82) is 0 Å². The van der Waals surface area contributed by atoms with E-state index in [4.69, 9.17) is 4.74 Å². The Hall–Kier alpha value is -3.17. The summed E-state index contributed by atoms with van der Waals surface area (Å²) in [7, 11) is -1.37. The van der Waals surface area contributed by atoms with Crippen molar-refractivity contribution in [2.75, 3.05) is 20.8 Å². The third-order valence-electron chi connectivity index (χ3n) is 4.69. The normalized spacial score (nSPS) is 16.3. The lowest BCUT2D eigenvalue weighted by molar-refractivity contribution is -0.123. The molecule has 3 rings (SSSR count). The zero-order chi connectivity index (χ0) is 21.7. The molecular weight excluding hydrogens is 408 g/mol. The number of nitrogens with zero attached hydrogens (tertiary/aromatic N) is 1. The Labute approximate surface area is 175 Å². The number of rotatable bonds is 7. The average molecular weight is 430 g/mol. The molecule has 1 aliphatic rings. The molecule has 0 aliphatic carbocycles. The highest BCUT2D eigenvalue weighted by molar-refractivity contribution is 7.89. The predicted octanol–water partition coefficient (Wildman–Crippen LogP) is 1.73. The summed E-state index contributed by atoms with van der Waals surface area (Å²) in [4.78, 5) is 24.5. The monoisotopic (exact) mass is 430 g/mol. The minimum Gasteiger partial charge on any atom is -0.497 e. The quantitative estimate of drug-likeness (QED) is 0.530. The van der Waals surface area contributed by atoms with Crippen LogP contribution in [0.15, 0.2) is 65.6 Å². The Morgan fingerprint density at radius 2 is 1.80 bits per heavy atom. The van der Waals surface area contributed by atoms with Gasteiger partial charge in [0, 0.05) is 13.1 Å². The highest BCUT2D eigenvalue weighted by Gasteiger charge is 2.38. The molecule has 0 spiro atoms. The smallest absolute Gasteiger partial charge is 0.339 e. The fraction of sp³-hybridized carbons (Fsp3) is 0.238. The van der Waals surface area contributed by atoms with Crippen LogP contribution >= 0.6 is 0 Å². The van der Waals surface area contributed by atoms with Gasteiger partial charge in [-0.05, 0) is 29.8 Å². The lowest BCUT2D eigenvalue weighted by atomic mass is 10.2. The van der Waals surface area contributed by atoms with Gasteiger partial charge in [-0.1, -0.05) is 36.4 Å². The van der Waals surface area contributed by atoms with Crippen LogP contribution in [0.4, 0.5) is 0 Å². The highest BCUT2D eigenvalue weighted by Crippen LogP contribution is 2.25. The van der Waals surface area contributed by atoms with Gasteiger partial charge in [-0.2, -0.15) is 4.31 Å². The van der Waals surface area contributed by atoms with E-state index in [1.165, 1.54) is 31.4 Å². The van der Waals surface area contributed by atoms with Crippen LogP contribution in [0.1, 0.15) is 15.9 Å². The molecule has 0 aromatic heterocycles. The molecule has 1 amide bonds. The van der Waals surface area contributed by atoms with Gasteiger partial charge >= 0.3 is 5.97 Å². The van der Waals surface area contributed by atoms with E-state index < -0.39 is 27.9 Å². The van der Waals surface area contributed by atoms with Crippen LogP contribution in [0.5, 0.6) is 5.75 Å². The molecule has 0 radical (unpaired) electrons. The molecule has 2 aromatic carbocycles. The van der Waals surface area contributed by atoms with Crippen LogP contribution in [0.3, 0.4) is 0 Å². The maximum atomic E-state index is 13.2. The maximum absolute atomic E-state index is 13.2. The fourth-order valence-corrected chi connectivity index (χ4v) is 4.78. The molecule has 1 atom stereocenters. The number of amides is 1. The van der Waals surface area contributed by atoms with Gasteiger partial charge in [0.15, 0.2) is 0 Å². The van der Waals surface area contributed by atoms with Crippen LogP contribution < -0.4 is 10.1 Å². The molecular formula is C21H22N2O6S. The molecule has 0 fully saturated rings. The summed E-state index contributed by atoms with van der Waals surface area (Å²) < 4.78 is 37.3. The highest BCUT2D eigenvalue weighted by atomic mass is 32.2. The molecule has 0 unspecified atom stereocenters. The number of methoxy groups -OCH3 is 2. The lowest BCUT2D eigenvalue weighted by Gasteiger charge is -2.24. The van der Waals surface area contributed by atoms with Crippen LogP contribution in [-0.2, 0) is 26.1 Å². The minimum atomic E-state index is -4.12. The molecule has 1 heterocycles. The number of carbonyl (C=O) groups is 2. The van der Waals surface area contributed by atoms with Gasteiger partial charge in [-0.15, -0.1) is 0 Å². The van der Waals surface area contributed by atoms with E-state index in [1.807, 2.05) is 12.1 Å². The van der Waals surface area contributed by atoms with E-state index >= 15 is 0 Å². The van der Waals surface area contributed by atoms with Crippen molar-refractivity contribution in [1.82, 2.24) is 9.62 Å². The van der Waals surface area contributed by atoms with Gasteiger partial charge in [0.2, 0.25) is 15.9 Å². The second-order valence-electron chi connectivity index (χ2n) is 6.50. The molecule has 8 nitrogen and oxygen atoms in total. The number of ether oxygens (including phenoxy) is 2. The number of hydrogen-bond acceptors (Lipinski definition) is 6. The van der Waals surface area contributed by atoms with E-state index in [9.17, 15) is 18.0 Å². The van der Waals surface area contributed by atoms with Crippen molar-refractivity contribution in [2.24, 2.45) is 0 Å². The van der Waals surface area contributed by atoms with Crippen molar-refractivity contribution < 1.29 is 27.5 Å². The molecule has 2 aromatic rings. The van der Waals surface area contributed by atoms with Gasteiger partial charge in [0.25, 0.3) is 0 Å². The minimum absolute atomic E-state index is 0.0263. The SMILES string of the molecule is COC(=O)c1ccccc1S(=O)(=O)N1CC=C[C@H]1C(=O)NCc1ccc(OC)cc1. The molecule has 0 saturated carbocycles. The molecule has 1 N–H and O–H groups in total. The van der Waals surface area contributed by atoms with Gasteiger partial charge in [-0.3, -0.25) is 4.79 Å². The molecule has 0 saturated heterocycles. The first-order chi connectivity index (χ1) is 14.4. The molecule has 9 heteroatoms. The molecule has 158 valence electrons. The van der Waals surface area contributed by atoms with Crippen molar-refractivity contribution >= 4 is 21.9 Å². The van der Waals surface area contributed by atoms with Crippen LogP contribution in [0, 0.1) is 0 Å². The summed E-state index contributed by atoms with van der Waals surface area (Å²) in [6.07, 6.45) is 3.14. The van der Waals surface area contributed by atoms with E-state index in [-0.39, 0.29) is 23.5 Å². The topological polar surface area (TPSA) is 102 Å². The largest absolute Gasteiger partial charge is 0.497 e. The zero-order valence-corrected chi connectivity index (χ0v) is 17.4. The number of sulfonamides is 1. The lowest BCUT2D eigenvalue weighted by Crippen LogP contribution is -2.46. The summed E-state index contributed by atoms with van der Waals surface area (Å²) in [5, 5.41) is 2.75. The van der Waals surface area contributed by atoms with Crippen molar-refractivity contribution in [3.8, 4) is 5.75 Å². The van der Waals surface area contributed by atoms with Gasteiger partial charge in [0.05, 0.1) is 24.7 Å². The number of carbonyl (C=O) groups excluding carboxylic acids is 2. The van der Waals surface area contributed by atoms with Crippen LogP contribution in [0.2, 0.25) is 0 Å². The van der Waals surface area contributed by atoms with Crippen molar-refractivity contribution in [3.05, 3.63) is 71.8 Å². The standard InChI is InChI=1S/C21H22N2O6S/c1-28-16-11-9-15(10-12-16)14-22-20(24)18-7-5-13-23(18)30(26,27)19-8-4-3-6-17(19)21(25)29-2/h3-12,18H,13-14H2,1-2H3,(H,22,24)/t18-/m0/s1. The van der Waals surface area contributed by atoms with E-state index in [1.54, 1.807) is 31.4 Å². The van der Waals surface area contributed by atoms with Crippen molar-refractivity contribution in [3.63, 3.8) is 0 Å². The Morgan fingerprint density at radius 3 is 2.47 bits per heavy atom. The average Bonchev–Trinajstić information content (AvgIpc) is 3.28. The van der Waals surface area contributed by atoms with Crippen LogP contribution in [-0.4, -0.2) is 51.4 Å². The van der Waals surface area contributed by atoms with Crippen LogP contribution in [0.25, 0.3) is 0 Å². The molecule has 1 aliphatic heterocycles. The third kappa shape index (κ3) is 4.37. The van der Waals surface area contributed by atoms with E-state index in [0.717, 1.165) is 9.87 Å². The summed E-state index contributed by atoms with van der Waals surface area (Å²) >= 11 is 0. The Bertz CT molecular complexity index is 1060. The summed E-state index contributed by atoms with van der Waals surface area (Å²) in [5.41, 5.74) is 0.765. The molecule has 0 bridgehead atoms. The maximum Gasteiger partial charge on any atom is 0.339 e. The second kappa shape index (κ2) is 9.10. The Morgan fingerprint density at radius 1 is 1.10 bits per heavy atom. The summed E-state index contributed by atoms with van der Waals surface area (Å²) in [5.74, 6) is -0.522. The first-order valence-electron chi connectivity index (χ1n) is 9.15. The Kier molecular flexibility index (Phi) is 6.53. The number of hydrogen-bond donors (Lipinski definition) is 1. The zero-order valence-electron chi connectivity index (χ0n) is 16.6. The van der Waals surface area contributed by atoms with Gasteiger partial charge in [-0.25, -0.2) is 13.2 Å². The number of nitrogens with one attached hydrogen (secondary N) is 1. The van der Waals surface area contributed by atoms with Crippen molar-refractivity contribution in [2.45, 2.75) is 17.5 Å². The first kappa shape index (κ1) is 21.5. The summed E-state index contributed by atoms with van der Waals surface area (Å²) in [6.45, 7) is 0.262. The summed E-state index contributed by atoms with van der Waals surface area (Å²) in [6, 6.07) is 11.9. The van der Waals surface area contributed by atoms with E-state index in [2.05, 4.69) is 10.1 Å². The molecule has 30 heavy (non-hydrogen) atoms. The first-order valence-corrected chi connectivity index (χ1v) is 10.6. The number of benzene rings is 2. The fourth-order valence-electron chi connectivity index (χ4n) is 3.10. The second-order valence-corrected chi connectivity index (χ2v) is 8.36. The van der Waals surface area contributed by atoms with Gasteiger partial charge < -0.3 is 14.8 Å². The predicted molar refractivity (Wildman–Crippen MR) is 109 cm³/mol. The Balaban J connectivity index is 1.78. The van der Waals surface area contributed by atoms with Gasteiger partial charge in [0.1, 0.15) is 11.8 Å². The van der Waals surface area contributed by atoms with E-state index in [0.29, 0.717) is 5.75 Å². The third-order valence-corrected chi connectivity index (χ3v) is 6.59. The number of esters is 1.